The highest BCUT2D eigenvalue weighted by atomic mass is 16.5. The second-order valence-electron chi connectivity index (χ2n) is 2.34. The number of hydrogen-bond donors (Lipinski definition) is 0. The van der Waals surface area contributed by atoms with Gasteiger partial charge in [0.25, 0.3) is 0 Å². The molecule has 0 amide bonds. The van der Waals surface area contributed by atoms with E-state index >= 15 is 0 Å². The Morgan fingerprint density at radius 2 is 2.31 bits per heavy atom. The standard InChI is InChI=1S/C8H5NO4/c10-8(11)5-4-7(13-9-5)6-2-1-3-12-6/h1-4H,(H,10,11)/p-1. The van der Waals surface area contributed by atoms with Crippen LogP contribution in [0.4, 0.5) is 0 Å². The normalized spacial score (nSPS) is 10.2. The number of carbonyl (C=O) groups is 1. The first-order chi connectivity index (χ1) is 6.27. The fraction of sp³-hybridized carbons (Fsp3) is 0. The van der Waals surface area contributed by atoms with Gasteiger partial charge in [0.1, 0.15) is 5.69 Å². The van der Waals surface area contributed by atoms with Crippen molar-refractivity contribution in [3.8, 4) is 11.5 Å². The molecule has 2 rings (SSSR count). The molecule has 0 aromatic carbocycles. The lowest BCUT2D eigenvalue weighted by Crippen LogP contribution is -2.22. The van der Waals surface area contributed by atoms with Crippen LogP contribution in [0.15, 0.2) is 33.4 Å². The second kappa shape index (κ2) is 2.78. The molecular formula is C8H4NO4-. The van der Waals surface area contributed by atoms with Crippen LogP contribution < -0.4 is 5.11 Å². The highest BCUT2D eigenvalue weighted by molar-refractivity contribution is 5.84. The molecule has 0 atom stereocenters. The Kier molecular flexibility index (Phi) is 1.63. The van der Waals surface area contributed by atoms with Crippen LogP contribution in [0.3, 0.4) is 0 Å². The molecule has 0 saturated carbocycles. The summed E-state index contributed by atoms with van der Waals surface area (Å²) in [6.07, 6.45) is 1.45. The van der Waals surface area contributed by atoms with Gasteiger partial charge in [-0.3, -0.25) is 0 Å². The van der Waals surface area contributed by atoms with Crippen molar-refractivity contribution in [2.24, 2.45) is 0 Å². The molecule has 0 aliphatic heterocycles. The van der Waals surface area contributed by atoms with Crippen LogP contribution in [0.25, 0.3) is 11.5 Å². The third-order valence-electron chi connectivity index (χ3n) is 1.48. The fourth-order valence-corrected chi connectivity index (χ4v) is 0.906. The van der Waals surface area contributed by atoms with Crippen molar-refractivity contribution in [3.63, 3.8) is 0 Å². The van der Waals surface area contributed by atoms with E-state index in [2.05, 4.69) is 5.16 Å². The minimum Gasteiger partial charge on any atom is -0.543 e. The molecule has 0 bridgehead atoms. The van der Waals surface area contributed by atoms with E-state index in [4.69, 9.17) is 8.94 Å². The first-order valence-corrected chi connectivity index (χ1v) is 3.49. The summed E-state index contributed by atoms with van der Waals surface area (Å²) in [4.78, 5) is 10.3. The van der Waals surface area contributed by atoms with E-state index in [0.717, 1.165) is 0 Å². The number of furan rings is 1. The topological polar surface area (TPSA) is 79.3 Å². The lowest BCUT2D eigenvalue weighted by atomic mass is 10.3. The Balaban J connectivity index is 2.39. The lowest BCUT2D eigenvalue weighted by Gasteiger charge is -1.89. The minimum atomic E-state index is -1.37. The van der Waals surface area contributed by atoms with Crippen molar-refractivity contribution in [1.29, 1.82) is 0 Å². The van der Waals surface area contributed by atoms with Crippen LogP contribution in [-0.2, 0) is 0 Å². The Morgan fingerprint density at radius 3 is 2.85 bits per heavy atom. The number of carbonyl (C=O) groups excluding carboxylic acids is 1. The van der Waals surface area contributed by atoms with E-state index < -0.39 is 5.97 Å². The summed E-state index contributed by atoms with van der Waals surface area (Å²) in [6.45, 7) is 0. The SMILES string of the molecule is O=C([O-])c1cc(-c2ccco2)on1. The summed E-state index contributed by atoms with van der Waals surface area (Å²) in [6, 6.07) is 4.55. The lowest BCUT2D eigenvalue weighted by molar-refractivity contribution is -0.255. The van der Waals surface area contributed by atoms with Crippen molar-refractivity contribution in [3.05, 3.63) is 30.2 Å². The number of carboxylic acids is 1. The first kappa shape index (κ1) is 7.60. The van der Waals surface area contributed by atoms with E-state index in [1.165, 1.54) is 12.3 Å². The monoisotopic (exact) mass is 178 g/mol. The molecule has 5 heteroatoms. The number of aromatic nitrogens is 1. The molecule has 0 saturated heterocycles. The predicted molar refractivity (Wildman–Crippen MR) is 38.5 cm³/mol. The highest BCUT2D eigenvalue weighted by Crippen LogP contribution is 2.19. The van der Waals surface area contributed by atoms with Gasteiger partial charge in [-0.05, 0) is 12.1 Å². The molecule has 0 spiro atoms. The van der Waals surface area contributed by atoms with Gasteiger partial charge in [0, 0.05) is 6.07 Å². The average Bonchev–Trinajstić information content (AvgIpc) is 2.75. The van der Waals surface area contributed by atoms with Crippen molar-refractivity contribution < 1.29 is 18.8 Å². The molecule has 0 aliphatic rings. The zero-order chi connectivity index (χ0) is 9.26. The van der Waals surface area contributed by atoms with Crippen molar-refractivity contribution in [2.75, 3.05) is 0 Å². The van der Waals surface area contributed by atoms with Crippen molar-refractivity contribution >= 4 is 5.97 Å². The number of aromatic carboxylic acids is 1. The maximum atomic E-state index is 10.3. The molecule has 2 heterocycles. The number of hydrogen-bond acceptors (Lipinski definition) is 5. The summed E-state index contributed by atoms with van der Waals surface area (Å²) in [5.41, 5.74) is -0.244. The van der Waals surface area contributed by atoms with Gasteiger partial charge in [-0.2, -0.15) is 0 Å². The minimum absolute atomic E-state index is 0.244. The van der Waals surface area contributed by atoms with E-state index in [1.54, 1.807) is 12.1 Å². The van der Waals surface area contributed by atoms with Crippen LogP contribution in [0.2, 0.25) is 0 Å². The smallest absolute Gasteiger partial charge is 0.202 e. The first-order valence-electron chi connectivity index (χ1n) is 3.49. The molecule has 2 aromatic heterocycles. The quantitative estimate of drug-likeness (QED) is 0.660. The largest absolute Gasteiger partial charge is 0.543 e. The van der Waals surface area contributed by atoms with E-state index in [-0.39, 0.29) is 11.5 Å². The second-order valence-corrected chi connectivity index (χ2v) is 2.34. The highest BCUT2D eigenvalue weighted by Gasteiger charge is 2.08. The van der Waals surface area contributed by atoms with Crippen molar-refractivity contribution in [1.82, 2.24) is 5.16 Å². The molecule has 2 aromatic rings. The molecular weight excluding hydrogens is 174 g/mol. The maximum Gasteiger partial charge on any atom is 0.202 e. The molecule has 0 fully saturated rings. The van der Waals surface area contributed by atoms with Gasteiger partial charge in [0.15, 0.2) is 5.76 Å². The van der Waals surface area contributed by atoms with E-state index in [1.807, 2.05) is 0 Å². The Hall–Kier alpha value is -2.04. The van der Waals surface area contributed by atoms with Crippen LogP contribution >= 0.6 is 0 Å². The number of nitrogens with zero attached hydrogens (tertiary/aromatic N) is 1. The van der Waals surface area contributed by atoms with Gasteiger partial charge in [-0.15, -0.1) is 0 Å². The Morgan fingerprint density at radius 1 is 1.46 bits per heavy atom. The molecule has 13 heavy (non-hydrogen) atoms. The molecule has 5 nitrogen and oxygen atoms in total. The van der Waals surface area contributed by atoms with Gasteiger partial charge in [-0.25, -0.2) is 0 Å². The Bertz CT molecular complexity index is 415. The summed E-state index contributed by atoms with van der Waals surface area (Å²) >= 11 is 0. The van der Waals surface area contributed by atoms with Gasteiger partial charge in [0.2, 0.25) is 5.76 Å². The third-order valence-corrected chi connectivity index (χ3v) is 1.48. The summed E-state index contributed by atoms with van der Waals surface area (Å²) in [5, 5.41) is 13.6. The third kappa shape index (κ3) is 1.31. The predicted octanol–water partition coefficient (Wildman–Crippen LogP) is 0.298. The van der Waals surface area contributed by atoms with E-state index in [0.29, 0.717) is 5.76 Å². The summed E-state index contributed by atoms with van der Waals surface area (Å²) in [5.74, 6) is -0.675. The molecule has 66 valence electrons. The van der Waals surface area contributed by atoms with Gasteiger partial charge in [-0.1, -0.05) is 5.16 Å². The van der Waals surface area contributed by atoms with Crippen LogP contribution in [-0.4, -0.2) is 11.1 Å². The van der Waals surface area contributed by atoms with E-state index in [9.17, 15) is 9.90 Å². The van der Waals surface area contributed by atoms with Crippen LogP contribution in [0, 0.1) is 0 Å². The van der Waals surface area contributed by atoms with Gasteiger partial charge >= 0.3 is 0 Å². The fourth-order valence-electron chi connectivity index (χ4n) is 0.906. The molecule has 0 N–H and O–H groups in total. The van der Waals surface area contributed by atoms with Crippen LogP contribution in [0.5, 0.6) is 0 Å². The summed E-state index contributed by atoms with van der Waals surface area (Å²) < 4.78 is 9.67. The van der Waals surface area contributed by atoms with Gasteiger partial charge < -0.3 is 18.8 Å². The van der Waals surface area contributed by atoms with Gasteiger partial charge in [0.05, 0.1) is 12.2 Å². The maximum absolute atomic E-state index is 10.3. The van der Waals surface area contributed by atoms with Crippen LogP contribution in [0.1, 0.15) is 10.5 Å². The number of rotatable bonds is 2. The molecule has 0 aliphatic carbocycles. The zero-order valence-electron chi connectivity index (χ0n) is 6.39. The molecule has 0 radical (unpaired) electrons. The Labute approximate surface area is 72.6 Å². The number of carboxylic acid groups (broad SMARTS) is 1. The zero-order valence-corrected chi connectivity index (χ0v) is 6.39. The molecule has 0 unspecified atom stereocenters. The summed E-state index contributed by atoms with van der Waals surface area (Å²) in [7, 11) is 0. The van der Waals surface area contributed by atoms with Crippen molar-refractivity contribution in [2.45, 2.75) is 0 Å². The average molecular weight is 178 g/mol.